The van der Waals surface area contributed by atoms with E-state index >= 15 is 0 Å². The molecule has 1 aromatic carbocycles. The van der Waals surface area contributed by atoms with E-state index in [-0.39, 0.29) is 11.9 Å². The lowest BCUT2D eigenvalue weighted by molar-refractivity contribution is 0.416. The lowest BCUT2D eigenvalue weighted by Gasteiger charge is -2.16. The second kappa shape index (κ2) is 6.33. The number of anilines is 2. The number of hydrogen-bond acceptors (Lipinski definition) is 3. The fourth-order valence-electron chi connectivity index (χ4n) is 1.70. The number of benzene rings is 1. The minimum Gasteiger partial charge on any atom is -0.495 e. The van der Waals surface area contributed by atoms with Crippen molar-refractivity contribution in [3.8, 4) is 5.75 Å². The topological polar surface area (TPSA) is 47.3 Å². The van der Waals surface area contributed by atoms with Gasteiger partial charge in [-0.05, 0) is 13.3 Å². The highest BCUT2D eigenvalue weighted by Gasteiger charge is 2.10. The molecule has 96 valence electrons. The van der Waals surface area contributed by atoms with Crippen molar-refractivity contribution in [1.29, 1.82) is 0 Å². The summed E-state index contributed by atoms with van der Waals surface area (Å²) in [5, 5.41) is 3.14. The van der Waals surface area contributed by atoms with E-state index < -0.39 is 0 Å². The smallest absolute Gasteiger partial charge is 0.148 e. The van der Waals surface area contributed by atoms with Gasteiger partial charge in [0, 0.05) is 18.2 Å². The van der Waals surface area contributed by atoms with Gasteiger partial charge in [-0.25, -0.2) is 4.39 Å². The predicted octanol–water partition coefficient (Wildman–Crippen LogP) is 3.41. The Morgan fingerprint density at radius 2 is 2.18 bits per heavy atom. The quantitative estimate of drug-likeness (QED) is 0.749. The van der Waals surface area contributed by atoms with Crippen molar-refractivity contribution in [3.05, 3.63) is 17.9 Å². The van der Waals surface area contributed by atoms with E-state index in [1.54, 1.807) is 6.07 Å². The molecule has 0 spiro atoms. The minimum atomic E-state index is -0.341. The Morgan fingerprint density at radius 3 is 2.76 bits per heavy atom. The lowest BCUT2D eigenvalue weighted by atomic mass is 10.1. The first kappa shape index (κ1) is 13.6. The van der Waals surface area contributed by atoms with Gasteiger partial charge in [-0.15, -0.1) is 0 Å². The monoisotopic (exact) mass is 240 g/mol. The summed E-state index contributed by atoms with van der Waals surface area (Å²) in [6, 6.07) is 3.12. The number of ether oxygens (including phenoxy) is 1. The van der Waals surface area contributed by atoms with Crippen LogP contribution in [0.15, 0.2) is 12.1 Å². The average Bonchev–Trinajstić information content (AvgIpc) is 2.30. The van der Waals surface area contributed by atoms with Crippen molar-refractivity contribution < 1.29 is 9.13 Å². The van der Waals surface area contributed by atoms with E-state index in [9.17, 15) is 4.39 Å². The summed E-state index contributed by atoms with van der Waals surface area (Å²) in [5.74, 6) is 0.156. The molecular weight excluding hydrogens is 219 g/mol. The number of nitrogens with two attached hydrogens (primary N) is 1. The lowest BCUT2D eigenvalue weighted by Crippen LogP contribution is -2.16. The molecule has 0 aliphatic carbocycles. The number of nitrogen functional groups attached to an aromatic ring is 1. The van der Waals surface area contributed by atoms with Crippen LogP contribution in [0.3, 0.4) is 0 Å². The zero-order chi connectivity index (χ0) is 12.8. The zero-order valence-electron chi connectivity index (χ0n) is 10.7. The fourth-order valence-corrected chi connectivity index (χ4v) is 1.70. The van der Waals surface area contributed by atoms with Crippen LogP contribution < -0.4 is 15.8 Å². The van der Waals surface area contributed by atoms with Crippen LogP contribution in [0.2, 0.25) is 0 Å². The number of rotatable bonds is 6. The fraction of sp³-hybridized carbons (Fsp3) is 0.538. The molecule has 1 rings (SSSR count). The Bertz CT molecular complexity index is 369. The average molecular weight is 240 g/mol. The van der Waals surface area contributed by atoms with Gasteiger partial charge in [0.15, 0.2) is 0 Å². The molecule has 0 aliphatic rings. The third kappa shape index (κ3) is 3.80. The standard InChI is InChI=1S/C13H21FN2O/c1-4-5-6-9(2)16-12-8-13(17-3)11(15)7-10(12)14/h7-9,16H,4-6,15H2,1-3H3. The van der Waals surface area contributed by atoms with Gasteiger partial charge in [-0.3, -0.25) is 0 Å². The molecule has 0 aliphatic heterocycles. The van der Waals surface area contributed by atoms with Gasteiger partial charge in [0.2, 0.25) is 0 Å². The number of nitrogens with one attached hydrogen (secondary N) is 1. The van der Waals surface area contributed by atoms with Gasteiger partial charge in [0.25, 0.3) is 0 Å². The first-order valence-electron chi connectivity index (χ1n) is 5.98. The van der Waals surface area contributed by atoms with Crippen LogP contribution in [0.5, 0.6) is 5.75 Å². The molecule has 1 unspecified atom stereocenters. The molecule has 0 radical (unpaired) electrons. The van der Waals surface area contributed by atoms with Crippen molar-refractivity contribution in [2.24, 2.45) is 0 Å². The van der Waals surface area contributed by atoms with Crippen LogP contribution in [-0.4, -0.2) is 13.2 Å². The highest BCUT2D eigenvalue weighted by molar-refractivity contribution is 5.62. The van der Waals surface area contributed by atoms with E-state index in [0.717, 1.165) is 19.3 Å². The van der Waals surface area contributed by atoms with E-state index in [1.165, 1.54) is 13.2 Å². The summed E-state index contributed by atoms with van der Waals surface area (Å²) in [6.07, 6.45) is 3.28. The number of unbranched alkanes of at least 4 members (excludes halogenated alkanes) is 1. The largest absolute Gasteiger partial charge is 0.495 e. The van der Waals surface area contributed by atoms with Crippen LogP contribution in [-0.2, 0) is 0 Å². The van der Waals surface area contributed by atoms with Crippen LogP contribution in [0.1, 0.15) is 33.1 Å². The van der Waals surface area contributed by atoms with Crippen molar-refractivity contribution in [3.63, 3.8) is 0 Å². The zero-order valence-corrected chi connectivity index (χ0v) is 10.7. The molecule has 3 N–H and O–H groups in total. The Kier molecular flexibility index (Phi) is 5.07. The molecule has 1 aromatic rings. The molecule has 0 fully saturated rings. The predicted molar refractivity (Wildman–Crippen MR) is 70.0 cm³/mol. The molecule has 0 heterocycles. The van der Waals surface area contributed by atoms with Gasteiger partial charge in [-0.2, -0.15) is 0 Å². The molecule has 0 saturated heterocycles. The van der Waals surface area contributed by atoms with Crippen molar-refractivity contribution in [2.45, 2.75) is 39.2 Å². The van der Waals surface area contributed by atoms with E-state index in [2.05, 4.69) is 12.2 Å². The Hall–Kier alpha value is -1.45. The molecular formula is C13H21FN2O. The molecule has 0 bridgehead atoms. The maximum absolute atomic E-state index is 13.7. The minimum absolute atomic E-state index is 0.234. The molecule has 0 saturated carbocycles. The van der Waals surface area contributed by atoms with Gasteiger partial charge in [0.05, 0.1) is 18.5 Å². The van der Waals surface area contributed by atoms with Crippen molar-refractivity contribution in [2.75, 3.05) is 18.2 Å². The third-order valence-electron chi connectivity index (χ3n) is 2.71. The SMILES string of the molecule is CCCCC(C)Nc1cc(OC)c(N)cc1F. The third-order valence-corrected chi connectivity index (χ3v) is 2.71. The van der Waals surface area contributed by atoms with Gasteiger partial charge in [-0.1, -0.05) is 19.8 Å². The second-order valence-electron chi connectivity index (χ2n) is 4.26. The summed E-state index contributed by atoms with van der Waals surface area (Å²) >= 11 is 0. The number of methoxy groups -OCH3 is 1. The van der Waals surface area contributed by atoms with Crippen LogP contribution in [0, 0.1) is 5.82 Å². The molecule has 3 nitrogen and oxygen atoms in total. The van der Waals surface area contributed by atoms with Crippen molar-refractivity contribution in [1.82, 2.24) is 0 Å². The maximum atomic E-state index is 13.7. The highest BCUT2D eigenvalue weighted by Crippen LogP contribution is 2.28. The molecule has 17 heavy (non-hydrogen) atoms. The van der Waals surface area contributed by atoms with Crippen LogP contribution >= 0.6 is 0 Å². The first-order valence-corrected chi connectivity index (χ1v) is 5.98. The first-order chi connectivity index (χ1) is 8.08. The summed E-state index contributed by atoms with van der Waals surface area (Å²) in [7, 11) is 1.52. The second-order valence-corrected chi connectivity index (χ2v) is 4.26. The number of hydrogen-bond donors (Lipinski definition) is 2. The van der Waals surface area contributed by atoms with E-state index in [4.69, 9.17) is 10.5 Å². The molecule has 0 aromatic heterocycles. The highest BCUT2D eigenvalue weighted by atomic mass is 19.1. The van der Waals surface area contributed by atoms with Gasteiger partial charge < -0.3 is 15.8 Å². The van der Waals surface area contributed by atoms with E-state index in [0.29, 0.717) is 17.1 Å². The molecule has 1 atom stereocenters. The van der Waals surface area contributed by atoms with Crippen LogP contribution in [0.4, 0.5) is 15.8 Å². The summed E-state index contributed by atoms with van der Waals surface area (Å²) in [6.45, 7) is 4.18. The Labute approximate surface area is 102 Å². The number of halogens is 1. The Morgan fingerprint density at radius 1 is 1.47 bits per heavy atom. The maximum Gasteiger partial charge on any atom is 0.148 e. The Balaban J connectivity index is 2.76. The van der Waals surface area contributed by atoms with Crippen molar-refractivity contribution >= 4 is 11.4 Å². The van der Waals surface area contributed by atoms with Crippen LogP contribution in [0.25, 0.3) is 0 Å². The van der Waals surface area contributed by atoms with Gasteiger partial charge in [0.1, 0.15) is 11.6 Å². The normalized spacial score (nSPS) is 12.2. The van der Waals surface area contributed by atoms with E-state index in [1.807, 2.05) is 6.92 Å². The summed E-state index contributed by atoms with van der Waals surface area (Å²) < 4.78 is 18.7. The van der Waals surface area contributed by atoms with Gasteiger partial charge >= 0.3 is 0 Å². The summed E-state index contributed by atoms with van der Waals surface area (Å²) in [5.41, 5.74) is 6.38. The summed E-state index contributed by atoms with van der Waals surface area (Å²) in [4.78, 5) is 0. The molecule has 0 amide bonds. The molecule has 4 heteroatoms.